The summed E-state index contributed by atoms with van der Waals surface area (Å²) in [4.78, 5) is 24.1. The number of aryl methyl sites for hydroxylation is 1. The number of aromatic nitrogens is 4. The normalized spacial score (nSPS) is 11.3. The molecule has 0 unspecified atom stereocenters. The van der Waals surface area contributed by atoms with Crippen LogP contribution in [0.15, 0.2) is 30.6 Å². The summed E-state index contributed by atoms with van der Waals surface area (Å²) in [7, 11) is 5.26. The minimum atomic E-state index is -0.373. The molecule has 0 aliphatic rings. The van der Waals surface area contributed by atoms with Crippen molar-refractivity contribution in [3.8, 4) is 11.3 Å². The molecule has 4 aromatic rings. The number of H-pyrrole nitrogens is 1. The van der Waals surface area contributed by atoms with Gasteiger partial charge in [-0.15, -0.1) is 0 Å². The summed E-state index contributed by atoms with van der Waals surface area (Å²) in [5.41, 5.74) is 4.48. The Morgan fingerprint density at radius 2 is 2.13 bits per heavy atom. The maximum absolute atomic E-state index is 14.3. The van der Waals surface area contributed by atoms with Gasteiger partial charge in [0.1, 0.15) is 17.0 Å². The minimum Gasteiger partial charge on any atom is -0.384 e. The number of pyridine rings is 1. The Kier molecular flexibility index (Phi) is 5.37. The fourth-order valence-corrected chi connectivity index (χ4v) is 3.52. The van der Waals surface area contributed by atoms with Gasteiger partial charge >= 0.3 is 0 Å². The molecular formula is C21H23FN6O2. The number of amides is 1. The van der Waals surface area contributed by atoms with E-state index in [1.807, 2.05) is 23.7 Å². The van der Waals surface area contributed by atoms with Gasteiger partial charge in [0.2, 0.25) is 5.91 Å². The Bertz CT molecular complexity index is 1230. The fraction of sp³-hybridized carbons (Fsp3) is 0.286. The minimum absolute atomic E-state index is 0.143. The number of rotatable bonds is 7. The second-order valence-corrected chi connectivity index (χ2v) is 7.08. The van der Waals surface area contributed by atoms with Crippen molar-refractivity contribution < 1.29 is 13.9 Å². The molecule has 9 heteroatoms. The molecular weight excluding hydrogens is 387 g/mol. The molecule has 0 aliphatic heterocycles. The molecule has 0 saturated heterocycles. The number of ether oxygens (including phenoxy) is 1. The van der Waals surface area contributed by atoms with E-state index >= 15 is 0 Å². The Balaban J connectivity index is 1.70. The van der Waals surface area contributed by atoms with E-state index in [-0.39, 0.29) is 24.7 Å². The van der Waals surface area contributed by atoms with E-state index in [0.29, 0.717) is 29.2 Å². The number of hydrogen-bond acceptors (Lipinski definition) is 5. The number of methoxy groups -OCH3 is 1. The van der Waals surface area contributed by atoms with E-state index in [9.17, 15) is 9.18 Å². The first kappa shape index (κ1) is 19.8. The first-order chi connectivity index (χ1) is 14.5. The molecule has 1 amide bonds. The summed E-state index contributed by atoms with van der Waals surface area (Å²) in [5.74, 6) is 0.155. The van der Waals surface area contributed by atoms with E-state index < -0.39 is 0 Å². The number of imidazole rings is 1. The number of nitrogens with one attached hydrogen (secondary N) is 3. The number of nitrogens with zero attached hydrogens (tertiary/aromatic N) is 3. The van der Waals surface area contributed by atoms with Gasteiger partial charge in [0, 0.05) is 50.8 Å². The molecule has 0 spiro atoms. The zero-order chi connectivity index (χ0) is 21.3. The lowest BCUT2D eigenvalue weighted by molar-refractivity contribution is -0.122. The lowest BCUT2D eigenvalue weighted by Crippen LogP contribution is -2.23. The van der Waals surface area contributed by atoms with E-state index in [2.05, 4.69) is 25.6 Å². The molecule has 4 rings (SSSR count). The molecule has 0 fully saturated rings. The summed E-state index contributed by atoms with van der Waals surface area (Å²) >= 11 is 0. The fourth-order valence-electron chi connectivity index (χ4n) is 3.52. The maximum Gasteiger partial charge on any atom is 0.222 e. The lowest BCUT2D eigenvalue weighted by Gasteiger charge is -2.07. The molecule has 8 nitrogen and oxygen atoms in total. The second kappa shape index (κ2) is 8.11. The van der Waals surface area contributed by atoms with Gasteiger partial charge in [0.05, 0.1) is 18.5 Å². The highest BCUT2D eigenvalue weighted by Gasteiger charge is 2.16. The van der Waals surface area contributed by atoms with E-state index in [0.717, 1.165) is 22.1 Å². The van der Waals surface area contributed by atoms with Crippen LogP contribution in [-0.4, -0.2) is 46.2 Å². The van der Waals surface area contributed by atoms with E-state index in [1.54, 1.807) is 20.5 Å². The molecule has 0 atom stereocenters. The summed E-state index contributed by atoms with van der Waals surface area (Å²) in [6.45, 7) is 0.584. The van der Waals surface area contributed by atoms with Crippen molar-refractivity contribution in [1.82, 2.24) is 24.8 Å². The highest BCUT2D eigenvalue weighted by atomic mass is 19.1. The number of anilines is 1. The zero-order valence-corrected chi connectivity index (χ0v) is 17.0. The Labute approximate surface area is 172 Å². The predicted octanol–water partition coefficient (Wildman–Crippen LogP) is 2.95. The average molecular weight is 410 g/mol. The number of halogens is 1. The van der Waals surface area contributed by atoms with Crippen LogP contribution in [0.25, 0.3) is 33.3 Å². The highest BCUT2D eigenvalue weighted by Crippen LogP contribution is 2.32. The van der Waals surface area contributed by atoms with Crippen molar-refractivity contribution in [1.29, 1.82) is 0 Å². The van der Waals surface area contributed by atoms with Gasteiger partial charge in [0.25, 0.3) is 0 Å². The summed E-state index contributed by atoms with van der Waals surface area (Å²) in [6, 6.07) is 6.67. The summed E-state index contributed by atoms with van der Waals surface area (Å²) in [6.07, 6.45) is 2.01. The van der Waals surface area contributed by atoms with Gasteiger partial charge in [-0.25, -0.2) is 14.4 Å². The first-order valence-corrected chi connectivity index (χ1v) is 9.57. The average Bonchev–Trinajstić information content (AvgIpc) is 3.33. The van der Waals surface area contributed by atoms with Crippen LogP contribution < -0.4 is 10.6 Å². The van der Waals surface area contributed by atoms with Gasteiger partial charge in [-0.05, 0) is 29.8 Å². The Morgan fingerprint density at radius 1 is 1.30 bits per heavy atom. The van der Waals surface area contributed by atoms with Crippen LogP contribution in [0.4, 0.5) is 10.2 Å². The molecule has 1 aromatic carbocycles. The smallest absolute Gasteiger partial charge is 0.222 e. The molecule has 3 aromatic heterocycles. The predicted molar refractivity (Wildman–Crippen MR) is 114 cm³/mol. The topological polar surface area (TPSA) is 96.9 Å². The lowest BCUT2D eigenvalue weighted by atomic mass is 10.1. The van der Waals surface area contributed by atoms with Crippen LogP contribution in [-0.2, 0) is 23.1 Å². The van der Waals surface area contributed by atoms with Crippen molar-refractivity contribution in [2.24, 2.45) is 7.05 Å². The van der Waals surface area contributed by atoms with E-state index in [4.69, 9.17) is 4.74 Å². The van der Waals surface area contributed by atoms with Crippen LogP contribution >= 0.6 is 0 Å². The number of aromatic amines is 1. The van der Waals surface area contributed by atoms with Crippen LogP contribution in [0.1, 0.15) is 12.0 Å². The monoisotopic (exact) mass is 410 g/mol. The van der Waals surface area contributed by atoms with Crippen LogP contribution in [0.2, 0.25) is 0 Å². The largest absolute Gasteiger partial charge is 0.384 e. The van der Waals surface area contributed by atoms with Crippen LogP contribution in [0, 0.1) is 5.82 Å². The van der Waals surface area contributed by atoms with Crippen molar-refractivity contribution in [2.45, 2.75) is 13.0 Å². The van der Waals surface area contributed by atoms with Crippen molar-refractivity contribution in [3.05, 3.63) is 42.0 Å². The zero-order valence-electron chi connectivity index (χ0n) is 17.0. The molecule has 3 N–H and O–H groups in total. The number of carbonyl (C=O) groups excluding carboxylic acids is 1. The van der Waals surface area contributed by atoms with E-state index in [1.165, 1.54) is 12.1 Å². The quantitative estimate of drug-likeness (QED) is 0.435. The van der Waals surface area contributed by atoms with Crippen LogP contribution in [0.5, 0.6) is 0 Å². The molecule has 0 bridgehead atoms. The molecule has 156 valence electrons. The van der Waals surface area contributed by atoms with Crippen molar-refractivity contribution in [2.75, 3.05) is 26.1 Å². The van der Waals surface area contributed by atoms with Crippen molar-refractivity contribution in [3.63, 3.8) is 0 Å². The van der Waals surface area contributed by atoms with Gasteiger partial charge in [0.15, 0.2) is 5.82 Å². The number of hydrogen-bond donors (Lipinski definition) is 3. The number of fused-ring (bicyclic) bond motifs is 3. The van der Waals surface area contributed by atoms with Gasteiger partial charge in [-0.3, -0.25) is 4.79 Å². The number of benzene rings is 1. The Hall–Kier alpha value is -3.46. The Morgan fingerprint density at radius 3 is 2.90 bits per heavy atom. The third-order valence-electron chi connectivity index (χ3n) is 4.97. The third kappa shape index (κ3) is 3.71. The summed E-state index contributed by atoms with van der Waals surface area (Å²) in [5, 5.41) is 6.75. The van der Waals surface area contributed by atoms with Gasteiger partial charge < -0.3 is 24.9 Å². The third-order valence-corrected chi connectivity index (χ3v) is 4.97. The maximum atomic E-state index is 14.3. The van der Waals surface area contributed by atoms with Gasteiger partial charge in [-0.1, -0.05) is 0 Å². The highest BCUT2D eigenvalue weighted by molar-refractivity contribution is 6.07. The van der Waals surface area contributed by atoms with Gasteiger partial charge in [-0.2, -0.15) is 0 Å². The number of carbonyl (C=O) groups is 1. The second-order valence-electron chi connectivity index (χ2n) is 7.08. The SMILES string of the molecule is CNc1nc2[nH]c(-c3cc(F)cc(CNC(=O)CCOC)c3)cc2c2c1ncn2C. The molecule has 30 heavy (non-hydrogen) atoms. The molecule has 0 radical (unpaired) electrons. The molecule has 0 saturated carbocycles. The first-order valence-electron chi connectivity index (χ1n) is 9.57. The summed E-state index contributed by atoms with van der Waals surface area (Å²) < 4.78 is 21.1. The molecule has 0 aliphatic carbocycles. The standard InChI is InChI=1S/C21H23FN6O2/c1-23-21-18-19(28(2)11-25-18)15-9-16(26-20(15)27-21)13-6-12(7-14(22)8-13)10-24-17(29)4-5-30-3/h6-9,11H,4-5,10H2,1-3H3,(H,24,29)(H2,23,26,27). The van der Waals surface area contributed by atoms with Crippen molar-refractivity contribution >= 4 is 33.8 Å². The molecule has 3 heterocycles. The van der Waals surface area contributed by atoms with Crippen LogP contribution in [0.3, 0.4) is 0 Å².